The lowest BCUT2D eigenvalue weighted by Gasteiger charge is -2.22. The molecule has 0 fully saturated rings. The monoisotopic (exact) mass is 636 g/mol. The van der Waals surface area contributed by atoms with E-state index >= 15 is 8.78 Å². The summed E-state index contributed by atoms with van der Waals surface area (Å²) in [5.74, 6) is -1.61. The van der Waals surface area contributed by atoms with Crippen molar-refractivity contribution in [3.63, 3.8) is 0 Å². The molecule has 0 spiro atoms. The van der Waals surface area contributed by atoms with Gasteiger partial charge in [-0.2, -0.15) is 5.26 Å². The molecule has 3 aromatic heterocycles. The van der Waals surface area contributed by atoms with Gasteiger partial charge >= 0.3 is 0 Å². The van der Waals surface area contributed by atoms with Gasteiger partial charge in [-0.25, -0.2) is 8.78 Å². The van der Waals surface area contributed by atoms with E-state index in [1.807, 2.05) is 132 Å². The van der Waals surface area contributed by atoms with E-state index in [4.69, 9.17) is 0 Å². The Hall–Kier alpha value is -6.45. The number of fused-ring (bicyclic) bond motifs is 9. The Balaban J connectivity index is 1.47. The van der Waals surface area contributed by atoms with Crippen molar-refractivity contribution in [2.24, 2.45) is 0 Å². The third-order valence-corrected chi connectivity index (χ3v) is 10.1. The zero-order valence-corrected chi connectivity index (χ0v) is 26.2. The Kier molecular flexibility index (Phi) is 5.80. The van der Waals surface area contributed by atoms with Gasteiger partial charge in [0.1, 0.15) is 28.7 Å². The lowest BCUT2D eigenvalue weighted by Crippen LogP contribution is -2.15. The summed E-state index contributed by atoms with van der Waals surface area (Å²) in [7, 11) is 0. The smallest absolute Gasteiger partial charge is 0.175 e. The Bertz CT molecular complexity index is 2820. The Morgan fingerprint density at radius 1 is 0.490 bits per heavy atom. The molecule has 0 N–H and O–H groups in total. The van der Waals surface area contributed by atoms with Gasteiger partial charge in [0.2, 0.25) is 0 Å². The van der Waals surface area contributed by atoms with Crippen molar-refractivity contribution in [3.8, 4) is 23.1 Å². The number of hydrogen-bond acceptors (Lipinski definition) is 1. The van der Waals surface area contributed by atoms with E-state index in [9.17, 15) is 5.26 Å². The van der Waals surface area contributed by atoms with Crippen molar-refractivity contribution in [3.05, 3.63) is 156 Å². The molecule has 0 bridgehead atoms. The maximum absolute atomic E-state index is 18.0. The van der Waals surface area contributed by atoms with Crippen LogP contribution in [0.2, 0.25) is 0 Å². The fourth-order valence-electron chi connectivity index (χ4n) is 8.13. The zero-order valence-electron chi connectivity index (χ0n) is 26.2. The molecular formula is C43H26F2N4. The molecule has 4 nitrogen and oxygen atoms in total. The highest BCUT2D eigenvalue weighted by molar-refractivity contribution is 6.11. The van der Waals surface area contributed by atoms with Gasteiger partial charge in [-0.3, -0.25) is 0 Å². The molecule has 1 aliphatic rings. The number of rotatable bonds is 3. The van der Waals surface area contributed by atoms with E-state index < -0.39 is 11.6 Å². The van der Waals surface area contributed by atoms with Crippen LogP contribution < -0.4 is 0 Å². The second-order valence-electron chi connectivity index (χ2n) is 12.6. The summed E-state index contributed by atoms with van der Waals surface area (Å²) < 4.78 is 41.4. The van der Waals surface area contributed by atoms with Crippen molar-refractivity contribution < 1.29 is 8.78 Å². The molecule has 1 aliphatic carbocycles. The minimum Gasteiger partial charge on any atom is -0.306 e. The summed E-state index contributed by atoms with van der Waals surface area (Å²) in [5.41, 5.74) is 5.19. The number of aromatic nitrogens is 3. The van der Waals surface area contributed by atoms with Gasteiger partial charge in [0.15, 0.2) is 11.6 Å². The van der Waals surface area contributed by atoms with E-state index in [0.29, 0.717) is 11.0 Å². The molecular weight excluding hydrogens is 610 g/mol. The lowest BCUT2D eigenvalue weighted by atomic mass is 10.0. The first kappa shape index (κ1) is 27.6. The van der Waals surface area contributed by atoms with E-state index in [0.717, 1.165) is 67.6 Å². The van der Waals surface area contributed by atoms with Gasteiger partial charge in [-0.1, -0.05) is 97.1 Å². The largest absolute Gasteiger partial charge is 0.306 e. The highest BCUT2D eigenvalue weighted by Crippen LogP contribution is 2.44. The van der Waals surface area contributed by atoms with E-state index in [1.165, 1.54) is 0 Å². The third-order valence-electron chi connectivity index (χ3n) is 10.1. The van der Waals surface area contributed by atoms with Gasteiger partial charge < -0.3 is 13.7 Å². The van der Waals surface area contributed by atoms with Crippen LogP contribution in [0.3, 0.4) is 0 Å². The maximum Gasteiger partial charge on any atom is 0.175 e. The van der Waals surface area contributed by atoms with Gasteiger partial charge in [-0.05, 0) is 54.8 Å². The molecule has 232 valence electrons. The van der Waals surface area contributed by atoms with Crippen molar-refractivity contribution in [1.82, 2.24) is 13.7 Å². The quantitative estimate of drug-likeness (QED) is 0.190. The highest BCUT2D eigenvalue weighted by Gasteiger charge is 2.33. The molecule has 10 rings (SSSR count). The molecule has 0 unspecified atom stereocenters. The summed E-state index contributed by atoms with van der Waals surface area (Å²) in [5, 5.41) is 15.7. The van der Waals surface area contributed by atoms with Crippen molar-refractivity contribution in [2.45, 2.75) is 12.8 Å². The van der Waals surface area contributed by atoms with Crippen LogP contribution in [0.15, 0.2) is 127 Å². The van der Waals surface area contributed by atoms with Crippen LogP contribution in [-0.4, -0.2) is 13.7 Å². The second-order valence-corrected chi connectivity index (χ2v) is 12.6. The summed E-state index contributed by atoms with van der Waals surface area (Å²) in [6.45, 7) is 0. The first-order valence-corrected chi connectivity index (χ1v) is 16.4. The maximum atomic E-state index is 18.0. The van der Waals surface area contributed by atoms with Crippen LogP contribution in [0.5, 0.6) is 0 Å². The number of nitriles is 1. The molecule has 6 heteroatoms. The SMILES string of the molecule is N#Cc1c(-n2c3c(c4ccccc42)CCC=C3)c(F)c(-n2c3ccccc3c3ccccc32)c(F)c1-n1c2ccccc2c2ccccc21. The van der Waals surface area contributed by atoms with Gasteiger partial charge in [-0.15, -0.1) is 0 Å². The van der Waals surface area contributed by atoms with Crippen LogP contribution in [0, 0.1) is 23.0 Å². The molecule has 9 aromatic rings. The predicted molar refractivity (Wildman–Crippen MR) is 194 cm³/mol. The Morgan fingerprint density at radius 2 is 0.878 bits per heavy atom. The van der Waals surface area contributed by atoms with Gasteiger partial charge in [0.05, 0.1) is 27.6 Å². The lowest BCUT2D eigenvalue weighted by molar-refractivity contribution is 0.564. The molecule has 0 aliphatic heterocycles. The van der Waals surface area contributed by atoms with Crippen LogP contribution in [0.1, 0.15) is 23.2 Å². The zero-order chi connectivity index (χ0) is 32.8. The third kappa shape index (κ3) is 3.64. The van der Waals surface area contributed by atoms with Crippen LogP contribution in [-0.2, 0) is 6.42 Å². The van der Waals surface area contributed by atoms with Gasteiger partial charge in [0.25, 0.3) is 0 Å². The van der Waals surface area contributed by atoms with E-state index in [2.05, 4.69) is 12.1 Å². The molecule has 0 radical (unpaired) electrons. The molecule has 0 saturated heterocycles. The summed E-state index contributed by atoms with van der Waals surface area (Å²) in [6.07, 6.45) is 5.72. The van der Waals surface area contributed by atoms with E-state index in [1.54, 1.807) is 9.13 Å². The normalized spacial score (nSPS) is 12.8. The summed E-state index contributed by atoms with van der Waals surface area (Å²) in [4.78, 5) is 0. The molecule has 6 aromatic carbocycles. The van der Waals surface area contributed by atoms with Crippen LogP contribution >= 0.6 is 0 Å². The van der Waals surface area contributed by atoms with Gasteiger partial charge in [0, 0.05) is 32.6 Å². The predicted octanol–water partition coefficient (Wildman–Crippen LogP) is 10.9. The fraction of sp³-hybridized carbons (Fsp3) is 0.0465. The first-order valence-electron chi connectivity index (χ1n) is 16.4. The van der Waals surface area contributed by atoms with Crippen molar-refractivity contribution in [1.29, 1.82) is 5.26 Å². The molecule has 0 atom stereocenters. The minimum absolute atomic E-state index is 0.0134. The summed E-state index contributed by atoms with van der Waals surface area (Å²) >= 11 is 0. The summed E-state index contributed by atoms with van der Waals surface area (Å²) in [6, 6.07) is 41.1. The van der Waals surface area contributed by atoms with E-state index in [-0.39, 0.29) is 22.6 Å². The Morgan fingerprint density at radius 3 is 1.35 bits per heavy atom. The highest BCUT2D eigenvalue weighted by atomic mass is 19.1. The molecule has 0 amide bonds. The van der Waals surface area contributed by atoms with Crippen LogP contribution in [0.25, 0.3) is 77.7 Å². The minimum atomic E-state index is -0.809. The topological polar surface area (TPSA) is 38.6 Å². The average Bonchev–Trinajstić information content (AvgIpc) is 3.78. The molecule has 3 heterocycles. The average molecular weight is 637 g/mol. The standard InChI is InChI=1S/C43H26F2N4/c44-39-41(47-33-19-7-1-13-26(33)27-14-2-8-20-34(27)47)32(25-46)42(48-35-21-9-3-15-28(35)29-16-4-10-22-36(29)48)40(45)43(39)49-37-23-11-5-17-30(37)31-18-6-12-24-38(31)49/h1-3,5-15,17-24H,4,16H2. The number of hydrogen-bond donors (Lipinski definition) is 0. The first-order chi connectivity index (χ1) is 24.2. The number of benzene rings is 6. The van der Waals surface area contributed by atoms with Crippen molar-refractivity contribution >= 4 is 60.6 Å². The second kappa shape index (κ2) is 10.3. The van der Waals surface area contributed by atoms with Crippen molar-refractivity contribution in [2.75, 3.05) is 0 Å². The Labute approximate surface area is 279 Å². The number of aryl methyl sites for hydroxylation is 1. The number of nitrogens with zero attached hydrogens (tertiary/aromatic N) is 4. The molecule has 49 heavy (non-hydrogen) atoms. The van der Waals surface area contributed by atoms with Crippen LogP contribution in [0.4, 0.5) is 8.78 Å². The number of para-hydroxylation sites is 5. The molecule has 0 saturated carbocycles. The number of allylic oxidation sites excluding steroid dienone is 1. The fourth-order valence-corrected chi connectivity index (χ4v) is 8.13. The number of halogens is 2.